The van der Waals surface area contributed by atoms with Crippen molar-refractivity contribution in [1.29, 1.82) is 0 Å². The van der Waals surface area contributed by atoms with E-state index in [-0.39, 0.29) is 0 Å². The molecular weight excluding hydrogens is 268 g/mol. The van der Waals surface area contributed by atoms with E-state index in [0.717, 1.165) is 11.3 Å². The SMILES string of the molecule is CCOc1cccc(C(O)CSc2cccc(C)c2)c1. The molecule has 1 atom stereocenters. The zero-order valence-electron chi connectivity index (χ0n) is 11.9. The number of benzene rings is 2. The van der Waals surface area contributed by atoms with Crippen molar-refractivity contribution < 1.29 is 9.84 Å². The first-order valence-electron chi connectivity index (χ1n) is 6.79. The Bertz CT molecular complexity index is 554. The lowest BCUT2D eigenvalue weighted by Crippen LogP contribution is -2.01. The third-order valence-electron chi connectivity index (χ3n) is 2.95. The van der Waals surface area contributed by atoms with Crippen molar-refractivity contribution in [2.45, 2.75) is 24.8 Å². The molecule has 0 aliphatic carbocycles. The highest BCUT2D eigenvalue weighted by Crippen LogP contribution is 2.27. The fourth-order valence-electron chi connectivity index (χ4n) is 1.95. The second-order valence-corrected chi connectivity index (χ2v) is 5.74. The Labute approximate surface area is 124 Å². The van der Waals surface area contributed by atoms with Gasteiger partial charge in [0.15, 0.2) is 0 Å². The van der Waals surface area contributed by atoms with Gasteiger partial charge in [0.1, 0.15) is 5.75 Å². The van der Waals surface area contributed by atoms with Gasteiger partial charge in [-0.3, -0.25) is 0 Å². The molecule has 2 nitrogen and oxygen atoms in total. The number of hydrogen-bond donors (Lipinski definition) is 1. The largest absolute Gasteiger partial charge is 0.494 e. The van der Waals surface area contributed by atoms with E-state index in [4.69, 9.17) is 4.74 Å². The van der Waals surface area contributed by atoms with Crippen LogP contribution in [0.2, 0.25) is 0 Å². The fraction of sp³-hybridized carbons (Fsp3) is 0.294. The van der Waals surface area contributed by atoms with Crippen LogP contribution in [0.1, 0.15) is 24.2 Å². The Kier molecular flexibility index (Phi) is 5.50. The third-order valence-corrected chi connectivity index (χ3v) is 4.02. The van der Waals surface area contributed by atoms with Crippen molar-refractivity contribution in [2.24, 2.45) is 0 Å². The summed E-state index contributed by atoms with van der Waals surface area (Å²) in [5, 5.41) is 10.3. The highest BCUT2D eigenvalue weighted by Gasteiger charge is 2.09. The smallest absolute Gasteiger partial charge is 0.119 e. The van der Waals surface area contributed by atoms with Crippen molar-refractivity contribution in [1.82, 2.24) is 0 Å². The number of aryl methyl sites for hydroxylation is 1. The van der Waals surface area contributed by atoms with E-state index < -0.39 is 6.10 Å². The summed E-state index contributed by atoms with van der Waals surface area (Å²) in [5.74, 6) is 1.45. The van der Waals surface area contributed by atoms with Crippen molar-refractivity contribution in [3.05, 3.63) is 59.7 Å². The summed E-state index contributed by atoms with van der Waals surface area (Å²) in [7, 11) is 0. The predicted octanol–water partition coefficient (Wildman–Crippen LogP) is 4.22. The summed E-state index contributed by atoms with van der Waals surface area (Å²) in [4.78, 5) is 1.19. The van der Waals surface area contributed by atoms with Crippen LogP contribution in [-0.4, -0.2) is 17.5 Å². The second-order valence-electron chi connectivity index (χ2n) is 4.65. The van der Waals surface area contributed by atoms with E-state index in [1.807, 2.05) is 37.3 Å². The van der Waals surface area contributed by atoms with Gasteiger partial charge in [-0.1, -0.05) is 29.8 Å². The van der Waals surface area contributed by atoms with E-state index >= 15 is 0 Å². The van der Waals surface area contributed by atoms with Gasteiger partial charge in [-0.25, -0.2) is 0 Å². The minimum Gasteiger partial charge on any atom is -0.494 e. The first-order valence-corrected chi connectivity index (χ1v) is 7.78. The van der Waals surface area contributed by atoms with Gasteiger partial charge in [-0.2, -0.15) is 0 Å². The Morgan fingerprint density at radius 3 is 2.70 bits per heavy atom. The molecule has 20 heavy (non-hydrogen) atoms. The lowest BCUT2D eigenvalue weighted by molar-refractivity contribution is 0.203. The highest BCUT2D eigenvalue weighted by molar-refractivity contribution is 7.99. The Hall–Kier alpha value is -1.45. The van der Waals surface area contributed by atoms with Gasteiger partial charge < -0.3 is 9.84 Å². The third kappa shape index (κ3) is 4.29. The molecular formula is C17H20O2S. The van der Waals surface area contributed by atoms with Crippen LogP contribution in [0.4, 0.5) is 0 Å². The Morgan fingerprint density at radius 2 is 1.95 bits per heavy atom. The Morgan fingerprint density at radius 1 is 1.15 bits per heavy atom. The molecule has 2 aromatic carbocycles. The molecule has 2 aromatic rings. The predicted molar refractivity (Wildman–Crippen MR) is 84.5 cm³/mol. The molecule has 0 bridgehead atoms. The summed E-state index contributed by atoms with van der Waals surface area (Å²) in [6.45, 7) is 4.67. The maximum absolute atomic E-state index is 10.3. The van der Waals surface area contributed by atoms with Crippen molar-refractivity contribution in [2.75, 3.05) is 12.4 Å². The van der Waals surface area contributed by atoms with Gasteiger partial charge >= 0.3 is 0 Å². The van der Waals surface area contributed by atoms with Crippen molar-refractivity contribution >= 4 is 11.8 Å². The molecule has 0 radical (unpaired) electrons. The van der Waals surface area contributed by atoms with Gasteiger partial charge in [0.25, 0.3) is 0 Å². The van der Waals surface area contributed by atoms with Crippen LogP contribution in [0.15, 0.2) is 53.4 Å². The molecule has 3 heteroatoms. The van der Waals surface area contributed by atoms with Gasteiger partial charge in [-0.05, 0) is 43.7 Å². The molecule has 0 heterocycles. The number of aliphatic hydroxyl groups is 1. The average Bonchev–Trinajstić information content (AvgIpc) is 2.45. The van der Waals surface area contributed by atoms with Gasteiger partial charge in [0.05, 0.1) is 12.7 Å². The topological polar surface area (TPSA) is 29.5 Å². The van der Waals surface area contributed by atoms with E-state index in [1.165, 1.54) is 10.5 Å². The van der Waals surface area contributed by atoms with E-state index in [2.05, 4.69) is 25.1 Å². The molecule has 1 N–H and O–H groups in total. The first kappa shape index (κ1) is 14.9. The summed E-state index contributed by atoms with van der Waals surface area (Å²) in [5.41, 5.74) is 2.14. The molecule has 0 fully saturated rings. The number of hydrogen-bond acceptors (Lipinski definition) is 3. The minimum absolute atomic E-state index is 0.485. The number of aliphatic hydroxyl groups excluding tert-OH is 1. The molecule has 0 aromatic heterocycles. The summed E-state index contributed by atoms with van der Waals surface area (Å²) in [6.07, 6.45) is -0.485. The molecule has 0 aliphatic rings. The zero-order chi connectivity index (χ0) is 14.4. The first-order chi connectivity index (χ1) is 9.69. The standard InChI is InChI=1S/C17H20O2S/c1-3-19-15-8-5-7-14(11-15)17(18)12-20-16-9-4-6-13(2)10-16/h4-11,17-18H,3,12H2,1-2H3. The highest BCUT2D eigenvalue weighted by atomic mass is 32.2. The van der Waals surface area contributed by atoms with Crippen LogP contribution in [0.3, 0.4) is 0 Å². The maximum atomic E-state index is 10.3. The van der Waals surface area contributed by atoms with Crippen LogP contribution >= 0.6 is 11.8 Å². The quantitative estimate of drug-likeness (QED) is 0.807. The summed E-state index contributed by atoms with van der Waals surface area (Å²) < 4.78 is 5.46. The Balaban J connectivity index is 1.97. The molecule has 0 spiro atoms. The van der Waals surface area contributed by atoms with Gasteiger partial charge in [0.2, 0.25) is 0 Å². The van der Waals surface area contributed by atoms with E-state index in [9.17, 15) is 5.11 Å². The monoisotopic (exact) mass is 288 g/mol. The molecule has 0 amide bonds. The number of thioether (sulfide) groups is 1. The fourth-order valence-corrected chi connectivity index (χ4v) is 2.94. The van der Waals surface area contributed by atoms with Crippen LogP contribution in [0.5, 0.6) is 5.75 Å². The lowest BCUT2D eigenvalue weighted by Gasteiger charge is -2.12. The van der Waals surface area contributed by atoms with Crippen LogP contribution in [0, 0.1) is 6.92 Å². The van der Waals surface area contributed by atoms with Crippen LogP contribution in [-0.2, 0) is 0 Å². The molecule has 0 saturated carbocycles. The van der Waals surface area contributed by atoms with Gasteiger partial charge in [-0.15, -0.1) is 11.8 Å². The molecule has 106 valence electrons. The zero-order valence-corrected chi connectivity index (χ0v) is 12.7. The molecule has 1 unspecified atom stereocenters. The summed E-state index contributed by atoms with van der Waals surface area (Å²) in [6, 6.07) is 16.0. The molecule has 0 aliphatic heterocycles. The number of ether oxygens (including phenoxy) is 1. The van der Waals surface area contributed by atoms with Crippen LogP contribution in [0.25, 0.3) is 0 Å². The van der Waals surface area contributed by atoms with E-state index in [0.29, 0.717) is 12.4 Å². The second kappa shape index (κ2) is 7.36. The maximum Gasteiger partial charge on any atom is 0.119 e. The number of rotatable bonds is 6. The van der Waals surface area contributed by atoms with Crippen molar-refractivity contribution in [3.8, 4) is 5.75 Å². The lowest BCUT2D eigenvalue weighted by atomic mass is 10.1. The normalized spacial score (nSPS) is 12.2. The average molecular weight is 288 g/mol. The van der Waals surface area contributed by atoms with Crippen molar-refractivity contribution in [3.63, 3.8) is 0 Å². The van der Waals surface area contributed by atoms with Crippen LogP contribution < -0.4 is 4.74 Å². The molecule has 0 saturated heterocycles. The molecule has 2 rings (SSSR count). The van der Waals surface area contributed by atoms with Gasteiger partial charge in [0, 0.05) is 10.6 Å². The minimum atomic E-state index is -0.485. The van der Waals surface area contributed by atoms with E-state index in [1.54, 1.807) is 11.8 Å². The summed E-state index contributed by atoms with van der Waals surface area (Å²) >= 11 is 1.67.